The summed E-state index contributed by atoms with van der Waals surface area (Å²) in [7, 11) is 0. The Balaban J connectivity index is 1.93. The number of pyridine rings is 2. The van der Waals surface area contributed by atoms with E-state index in [0.29, 0.717) is 42.9 Å². The number of carboxylic acid groups (broad SMARTS) is 2. The monoisotopic (exact) mass is 535 g/mol. The molecule has 0 bridgehead atoms. The molecule has 2 atom stereocenters. The van der Waals surface area contributed by atoms with Crippen molar-refractivity contribution in [2.45, 2.75) is 63.7 Å². The standard InChI is InChI=1S/C29H34FN5O4/c1-20-24(33-17-9-3-10-18-33)23(21-12-4-7-15-31-21)25(34-19-11-6-14-28(34,2)26(36)37)29(30,35(20)27(38)39)22-13-5-8-16-32-22/h4-5,7-8,12-13,15-16H,3,6,9-11,14,17-19H2,1-2H3,(H,36,37)(H,38,39). The molecule has 3 aliphatic heterocycles. The molecule has 3 aliphatic rings. The number of nitrogens with zero attached hydrogens (tertiary/aromatic N) is 5. The third kappa shape index (κ3) is 4.31. The highest BCUT2D eigenvalue weighted by molar-refractivity contribution is 5.87. The first-order valence-corrected chi connectivity index (χ1v) is 13.5. The summed E-state index contributed by atoms with van der Waals surface area (Å²) in [5.74, 6) is -3.90. The first kappa shape index (κ1) is 26.6. The maximum Gasteiger partial charge on any atom is 0.414 e. The van der Waals surface area contributed by atoms with Crippen molar-refractivity contribution >= 4 is 17.6 Å². The van der Waals surface area contributed by atoms with Gasteiger partial charge in [0.05, 0.1) is 22.7 Å². The molecule has 2 unspecified atom stereocenters. The third-order valence-corrected chi connectivity index (χ3v) is 8.18. The lowest BCUT2D eigenvalue weighted by Crippen LogP contribution is -2.62. The first-order valence-electron chi connectivity index (χ1n) is 13.5. The molecule has 2 aromatic heterocycles. The number of allylic oxidation sites excluding steroid dienone is 2. The van der Waals surface area contributed by atoms with Crippen molar-refractivity contribution in [2.24, 2.45) is 0 Å². The van der Waals surface area contributed by atoms with Crippen molar-refractivity contribution in [3.63, 3.8) is 0 Å². The molecule has 0 aliphatic carbocycles. The quantitative estimate of drug-likeness (QED) is 0.512. The van der Waals surface area contributed by atoms with Crippen LogP contribution in [0.4, 0.5) is 9.18 Å². The SMILES string of the molecule is CC1=C(N2CCCCC2)C(c2ccccn2)=C(N2CCCCC2(C)C(=O)O)C(F)(c2ccccn2)N1C(=O)O. The van der Waals surface area contributed by atoms with Crippen LogP contribution in [-0.2, 0) is 10.6 Å². The molecule has 1 amide bonds. The predicted octanol–water partition coefficient (Wildman–Crippen LogP) is 5.05. The largest absolute Gasteiger partial charge is 0.480 e. The molecule has 0 spiro atoms. The zero-order chi connectivity index (χ0) is 27.8. The Hall–Kier alpha value is -3.95. The second-order valence-electron chi connectivity index (χ2n) is 10.6. The summed E-state index contributed by atoms with van der Waals surface area (Å²) in [6, 6.07) is 10.0. The average Bonchev–Trinajstić information content (AvgIpc) is 2.94. The van der Waals surface area contributed by atoms with Crippen LogP contribution in [-0.4, -0.2) is 72.1 Å². The minimum Gasteiger partial charge on any atom is -0.480 e. The van der Waals surface area contributed by atoms with E-state index in [0.717, 1.165) is 24.2 Å². The van der Waals surface area contributed by atoms with Crippen molar-refractivity contribution in [1.29, 1.82) is 0 Å². The van der Waals surface area contributed by atoms with Crippen LogP contribution in [0.5, 0.6) is 0 Å². The van der Waals surface area contributed by atoms with Crippen LogP contribution in [0.3, 0.4) is 0 Å². The minimum atomic E-state index is -2.81. The smallest absolute Gasteiger partial charge is 0.414 e. The molecule has 39 heavy (non-hydrogen) atoms. The van der Waals surface area contributed by atoms with E-state index in [4.69, 9.17) is 0 Å². The number of amides is 1. The number of rotatable bonds is 5. The van der Waals surface area contributed by atoms with E-state index < -0.39 is 23.4 Å². The second kappa shape index (κ2) is 10.3. The van der Waals surface area contributed by atoms with Gasteiger partial charge < -0.3 is 20.0 Å². The molecule has 2 fully saturated rings. The number of aliphatic carboxylic acids is 1. The van der Waals surface area contributed by atoms with Gasteiger partial charge in [-0.2, -0.15) is 0 Å². The number of hydrogen-bond acceptors (Lipinski definition) is 6. The topological polar surface area (TPSA) is 110 Å². The highest BCUT2D eigenvalue weighted by atomic mass is 19.1. The van der Waals surface area contributed by atoms with Gasteiger partial charge in [0.15, 0.2) is 0 Å². The van der Waals surface area contributed by atoms with Gasteiger partial charge in [-0.25, -0.2) is 18.9 Å². The molecule has 2 aromatic rings. The Labute approximate surface area is 227 Å². The number of likely N-dealkylation sites (tertiary alicyclic amines) is 2. The normalized spacial score (nSPS) is 26.2. The van der Waals surface area contributed by atoms with Crippen molar-refractivity contribution in [3.8, 4) is 0 Å². The molecule has 5 rings (SSSR count). The van der Waals surface area contributed by atoms with Gasteiger partial charge in [0.2, 0.25) is 0 Å². The summed E-state index contributed by atoms with van der Waals surface area (Å²) in [5.41, 5.74) is -0.000328. The number of halogens is 1. The van der Waals surface area contributed by atoms with Crippen molar-refractivity contribution in [3.05, 3.63) is 77.3 Å². The van der Waals surface area contributed by atoms with E-state index in [2.05, 4.69) is 14.9 Å². The minimum absolute atomic E-state index is 0.0435. The third-order valence-electron chi connectivity index (χ3n) is 8.18. The fourth-order valence-corrected chi connectivity index (χ4v) is 6.24. The van der Waals surface area contributed by atoms with E-state index >= 15 is 4.39 Å². The van der Waals surface area contributed by atoms with Gasteiger partial charge in [-0.3, -0.25) is 9.97 Å². The Morgan fingerprint density at radius 3 is 2.18 bits per heavy atom. The highest BCUT2D eigenvalue weighted by Crippen LogP contribution is 2.53. The molecule has 10 heteroatoms. The molecular formula is C29H34FN5O4. The Morgan fingerprint density at radius 1 is 0.923 bits per heavy atom. The molecule has 0 saturated carbocycles. The number of carbonyl (C=O) groups is 2. The number of hydrogen-bond donors (Lipinski definition) is 2. The number of piperidine rings is 2. The maximum atomic E-state index is 18.3. The van der Waals surface area contributed by atoms with Crippen LogP contribution < -0.4 is 0 Å². The average molecular weight is 536 g/mol. The van der Waals surface area contributed by atoms with Crippen molar-refractivity contribution < 1.29 is 24.2 Å². The first-order chi connectivity index (χ1) is 18.7. The number of carboxylic acids is 1. The van der Waals surface area contributed by atoms with Crippen LogP contribution in [0.25, 0.3) is 5.57 Å². The maximum absolute atomic E-state index is 18.3. The summed E-state index contributed by atoms with van der Waals surface area (Å²) in [4.78, 5) is 39.1. The molecule has 0 radical (unpaired) electrons. The Bertz CT molecular complexity index is 1310. The Kier molecular flexibility index (Phi) is 7.05. The van der Waals surface area contributed by atoms with Gasteiger partial charge in [0.25, 0.3) is 5.79 Å². The van der Waals surface area contributed by atoms with Gasteiger partial charge >= 0.3 is 12.1 Å². The van der Waals surface area contributed by atoms with Gasteiger partial charge in [0.1, 0.15) is 11.2 Å². The van der Waals surface area contributed by atoms with Gasteiger partial charge in [-0.15, -0.1) is 0 Å². The van der Waals surface area contributed by atoms with E-state index in [-0.39, 0.29) is 30.1 Å². The van der Waals surface area contributed by atoms with Gasteiger partial charge in [-0.1, -0.05) is 12.1 Å². The van der Waals surface area contributed by atoms with E-state index in [1.165, 1.54) is 12.3 Å². The molecule has 2 N–H and O–H groups in total. The number of alkyl halides is 1. The van der Waals surface area contributed by atoms with Crippen LogP contribution in [0.1, 0.15) is 63.8 Å². The van der Waals surface area contributed by atoms with E-state index in [1.807, 2.05) is 0 Å². The highest BCUT2D eigenvalue weighted by Gasteiger charge is 2.59. The zero-order valence-electron chi connectivity index (χ0n) is 22.3. The molecule has 5 heterocycles. The van der Waals surface area contributed by atoms with Crippen molar-refractivity contribution in [2.75, 3.05) is 19.6 Å². The Morgan fingerprint density at radius 2 is 1.59 bits per heavy atom. The van der Waals surface area contributed by atoms with E-state index in [9.17, 15) is 19.8 Å². The summed E-state index contributed by atoms with van der Waals surface area (Å²) >= 11 is 0. The molecule has 9 nitrogen and oxygen atoms in total. The fraction of sp³-hybridized carbons (Fsp3) is 0.448. The van der Waals surface area contributed by atoms with Crippen molar-refractivity contribution in [1.82, 2.24) is 24.7 Å². The lowest BCUT2D eigenvalue weighted by Gasteiger charge is -2.53. The van der Waals surface area contributed by atoms with Gasteiger partial charge in [-0.05, 0) is 76.6 Å². The van der Waals surface area contributed by atoms with Gasteiger partial charge in [0, 0.05) is 37.7 Å². The summed E-state index contributed by atoms with van der Waals surface area (Å²) in [5, 5.41) is 21.0. The summed E-state index contributed by atoms with van der Waals surface area (Å²) in [6.07, 6.45) is 5.99. The fourth-order valence-electron chi connectivity index (χ4n) is 6.24. The molecule has 2 saturated heterocycles. The predicted molar refractivity (Wildman–Crippen MR) is 143 cm³/mol. The zero-order valence-corrected chi connectivity index (χ0v) is 22.3. The van der Waals surface area contributed by atoms with Crippen LogP contribution in [0.15, 0.2) is 65.9 Å². The van der Waals surface area contributed by atoms with Crippen LogP contribution in [0.2, 0.25) is 0 Å². The summed E-state index contributed by atoms with van der Waals surface area (Å²) in [6.45, 7) is 4.78. The number of aromatic nitrogens is 2. The van der Waals surface area contributed by atoms with E-state index in [1.54, 1.807) is 55.3 Å². The molecule has 0 aromatic carbocycles. The summed E-state index contributed by atoms with van der Waals surface area (Å²) < 4.78 is 18.3. The molecule has 206 valence electrons. The second-order valence-corrected chi connectivity index (χ2v) is 10.6. The lowest BCUT2D eigenvalue weighted by atomic mass is 9.82. The van der Waals surface area contributed by atoms with Crippen LogP contribution in [0, 0.1) is 0 Å². The van der Waals surface area contributed by atoms with Crippen LogP contribution >= 0.6 is 0 Å². The lowest BCUT2D eigenvalue weighted by molar-refractivity contribution is -0.153. The molecular weight excluding hydrogens is 501 g/mol.